The molecule has 0 aliphatic heterocycles. The maximum absolute atomic E-state index is 2.38. The van der Waals surface area contributed by atoms with Gasteiger partial charge < -0.3 is 0 Å². The van der Waals surface area contributed by atoms with Crippen LogP contribution in [0.3, 0.4) is 0 Å². The van der Waals surface area contributed by atoms with Gasteiger partial charge in [0.15, 0.2) is 0 Å². The molecule has 2 aliphatic rings. The molecule has 5 aromatic carbocycles. The van der Waals surface area contributed by atoms with Crippen molar-refractivity contribution in [3.63, 3.8) is 0 Å². The van der Waals surface area contributed by atoms with Crippen LogP contribution in [0.4, 0.5) is 0 Å². The normalized spacial score (nSPS) is 17.6. The van der Waals surface area contributed by atoms with Crippen LogP contribution < -0.4 is 0 Å². The molecular weight excluding hydrogens is 360 g/mol. The summed E-state index contributed by atoms with van der Waals surface area (Å²) in [6.45, 7) is 2.27. The molecule has 140 valence electrons. The Morgan fingerprint density at radius 2 is 1.17 bits per heavy atom. The first-order valence-electron chi connectivity index (χ1n) is 10.6. The second kappa shape index (κ2) is 5.49. The predicted octanol–water partition coefficient (Wildman–Crippen LogP) is 7.49. The summed E-state index contributed by atoms with van der Waals surface area (Å²) in [5, 5.41) is 2.65. The molecule has 2 aliphatic carbocycles. The lowest BCUT2D eigenvalue weighted by Gasteiger charge is -2.31. The van der Waals surface area contributed by atoms with E-state index in [4.69, 9.17) is 0 Å². The standard InChI is InChI=1S/C30H20/c1-19-9-8-14-23-22-12-4-6-15-25(22)30(29(19)23)26-16-7-5-13-24(26)28-21-11-3-2-10-20(21)17-18-27(28)30/h2-18H,1H3. The summed E-state index contributed by atoms with van der Waals surface area (Å²) in [6.07, 6.45) is 0. The van der Waals surface area contributed by atoms with Crippen LogP contribution in [-0.4, -0.2) is 0 Å². The van der Waals surface area contributed by atoms with Gasteiger partial charge >= 0.3 is 0 Å². The lowest BCUT2D eigenvalue weighted by atomic mass is 9.69. The summed E-state index contributed by atoms with van der Waals surface area (Å²) in [6, 6.07) is 38.3. The van der Waals surface area contributed by atoms with E-state index >= 15 is 0 Å². The van der Waals surface area contributed by atoms with Gasteiger partial charge in [0, 0.05) is 0 Å². The van der Waals surface area contributed by atoms with Gasteiger partial charge in [-0.2, -0.15) is 0 Å². The molecule has 0 nitrogen and oxygen atoms in total. The molecule has 5 aromatic rings. The lowest BCUT2D eigenvalue weighted by Crippen LogP contribution is -2.26. The van der Waals surface area contributed by atoms with Crippen molar-refractivity contribution in [1.29, 1.82) is 0 Å². The zero-order valence-corrected chi connectivity index (χ0v) is 16.8. The van der Waals surface area contributed by atoms with E-state index in [9.17, 15) is 0 Å². The van der Waals surface area contributed by atoms with E-state index < -0.39 is 0 Å². The van der Waals surface area contributed by atoms with Crippen LogP contribution in [0.25, 0.3) is 33.0 Å². The Morgan fingerprint density at radius 3 is 2.03 bits per heavy atom. The summed E-state index contributed by atoms with van der Waals surface area (Å²) in [4.78, 5) is 0. The fraction of sp³-hybridized carbons (Fsp3) is 0.0667. The molecule has 0 amide bonds. The summed E-state index contributed by atoms with van der Waals surface area (Å²) >= 11 is 0. The van der Waals surface area contributed by atoms with Crippen LogP contribution in [0.5, 0.6) is 0 Å². The minimum atomic E-state index is -0.243. The first kappa shape index (κ1) is 16.2. The van der Waals surface area contributed by atoms with Gasteiger partial charge in [-0.05, 0) is 67.8 Å². The highest BCUT2D eigenvalue weighted by Gasteiger charge is 2.52. The average Bonchev–Trinajstić information content (AvgIpc) is 3.27. The monoisotopic (exact) mass is 380 g/mol. The van der Waals surface area contributed by atoms with Gasteiger partial charge in [-0.1, -0.05) is 103 Å². The molecular formula is C30H20. The molecule has 1 unspecified atom stereocenters. The molecule has 0 N–H and O–H groups in total. The predicted molar refractivity (Wildman–Crippen MR) is 125 cm³/mol. The van der Waals surface area contributed by atoms with E-state index in [-0.39, 0.29) is 5.41 Å². The van der Waals surface area contributed by atoms with Gasteiger partial charge in [0.2, 0.25) is 0 Å². The number of rotatable bonds is 0. The highest BCUT2D eigenvalue weighted by molar-refractivity contribution is 6.06. The molecule has 0 aromatic heterocycles. The second-order valence-corrected chi connectivity index (χ2v) is 8.55. The van der Waals surface area contributed by atoms with Gasteiger partial charge in [0.25, 0.3) is 0 Å². The van der Waals surface area contributed by atoms with Crippen LogP contribution in [0.15, 0.2) is 103 Å². The van der Waals surface area contributed by atoms with Crippen molar-refractivity contribution in [2.45, 2.75) is 12.3 Å². The molecule has 1 atom stereocenters. The van der Waals surface area contributed by atoms with Crippen molar-refractivity contribution in [2.24, 2.45) is 0 Å². The van der Waals surface area contributed by atoms with E-state index in [1.165, 1.54) is 60.8 Å². The minimum Gasteiger partial charge on any atom is -0.0619 e. The lowest BCUT2D eigenvalue weighted by molar-refractivity contribution is 0.787. The molecule has 0 radical (unpaired) electrons. The van der Waals surface area contributed by atoms with Crippen LogP contribution >= 0.6 is 0 Å². The van der Waals surface area contributed by atoms with Crippen molar-refractivity contribution >= 4 is 10.8 Å². The molecule has 30 heavy (non-hydrogen) atoms. The SMILES string of the molecule is Cc1cccc2c1C1(c3ccccc3-2)c2ccccc2-c2c1ccc1ccccc21. The quantitative estimate of drug-likeness (QED) is 0.256. The van der Waals surface area contributed by atoms with Crippen LogP contribution in [0.2, 0.25) is 0 Å². The third kappa shape index (κ3) is 1.70. The molecule has 0 saturated heterocycles. The number of fused-ring (bicyclic) bond motifs is 12. The van der Waals surface area contributed by atoms with Crippen molar-refractivity contribution in [3.05, 3.63) is 131 Å². The van der Waals surface area contributed by atoms with Crippen LogP contribution in [0, 0.1) is 6.92 Å². The van der Waals surface area contributed by atoms with E-state index in [1.807, 2.05) is 0 Å². The first-order valence-corrected chi connectivity index (χ1v) is 10.6. The van der Waals surface area contributed by atoms with Gasteiger partial charge in [-0.15, -0.1) is 0 Å². The topological polar surface area (TPSA) is 0 Å². The van der Waals surface area contributed by atoms with Gasteiger partial charge in [-0.3, -0.25) is 0 Å². The molecule has 1 spiro atoms. The Morgan fingerprint density at radius 1 is 0.500 bits per heavy atom. The fourth-order valence-corrected chi connectivity index (χ4v) is 6.18. The third-order valence-electron chi connectivity index (χ3n) is 7.20. The summed E-state index contributed by atoms with van der Waals surface area (Å²) in [7, 11) is 0. The van der Waals surface area contributed by atoms with Gasteiger partial charge in [-0.25, -0.2) is 0 Å². The maximum Gasteiger partial charge on any atom is 0.0728 e. The van der Waals surface area contributed by atoms with Crippen molar-refractivity contribution in [2.75, 3.05) is 0 Å². The van der Waals surface area contributed by atoms with E-state index in [1.54, 1.807) is 0 Å². The van der Waals surface area contributed by atoms with E-state index in [0.717, 1.165) is 0 Å². The Bertz CT molecular complexity index is 1500. The second-order valence-electron chi connectivity index (χ2n) is 8.55. The van der Waals surface area contributed by atoms with Crippen molar-refractivity contribution in [3.8, 4) is 22.3 Å². The molecule has 0 heterocycles. The number of benzene rings is 5. The first-order chi connectivity index (χ1) is 14.8. The molecule has 0 heteroatoms. The zero-order chi connectivity index (χ0) is 19.9. The van der Waals surface area contributed by atoms with Crippen LogP contribution in [0.1, 0.15) is 27.8 Å². The molecule has 0 saturated carbocycles. The largest absolute Gasteiger partial charge is 0.0728 e. The van der Waals surface area contributed by atoms with Crippen molar-refractivity contribution < 1.29 is 0 Å². The Labute approximate surface area is 176 Å². The summed E-state index contributed by atoms with van der Waals surface area (Å²) in [5.41, 5.74) is 12.3. The van der Waals surface area contributed by atoms with E-state index in [0.29, 0.717) is 0 Å². The maximum atomic E-state index is 2.38. The Hall–Kier alpha value is -3.64. The van der Waals surface area contributed by atoms with Crippen LogP contribution in [-0.2, 0) is 5.41 Å². The molecule has 0 bridgehead atoms. The molecule has 7 rings (SSSR count). The number of hydrogen-bond donors (Lipinski definition) is 0. The summed E-state index contributed by atoms with van der Waals surface area (Å²) in [5.74, 6) is 0. The smallest absolute Gasteiger partial charge is 0.0619 e. The number of hydrogen-bond acceptors (Lipinski definition) is 0. The number of aryl methyl sites for hydroxylation is 1. The Balaban J connectivity index is 1.77. The van der Waals surface area contributed by atoms with Gasteiger partial charge in [0.05, 0.1) is 5.41 Å². The highest BCUT2D eigenvalue weighted by Crippen LogP contribution is 2.64. The van der Waals surface area contributed by atoms with E-state index in [2.05, 4.69) is 110 Å². The Kier molecular flexibility index (Phi) is 2.96. The van der Waals surface area contributed by atoms with Crippen molar-refractivity contribution in [1.82, 2.24) is 0 Å². The average molecular weight is 380 g/mol. The zero-order valence-electron chi connectivity index (χ0n) is 16.8. The molecule has 0 fully saturated rings. The van der Waals surface area contributed by atoms with Gasteiger partial charge in [0.1, 0.15) is 0 Å². The minimum absolute atomic E-state index is 0.243. The third-order valence-corrected chi connectivity index (χ3v) is 7.20. The highest BCUT2D eigenvalue weighted by atomic mass is 14.5. The summed E-state index contributed by atoms with van der Waals surface area (Å²) < 4.78 is 0. The fourth-order valence-electron chi connectivity index (χ4n) is 6.18.